The van der Waals surface area contributed by atoms with Crippen LogP contribution < -0.4 is 4.72 Å². The van der Waals surface area contributed by atoms with E-state index in [1.807, 2.05) is 4.72 Å². The minimum atomic E-state index is -4.22. The van der Waals surface area contributed by atoms with Crippen LogP contribution in [0.5, 0.6) is 0 Å². The molecule has 0 heterocycles. The highest BCUT2D eigenvalue weighted by atomic mass is 79.9. The summed E-state index contributed by atoms with van der Waals surface area (Å²) < 4.78 is 38.8. The third-order valence-corrected chi connectivity index (χ3v) is 5.10. The van der Waals surface area contributed by atoms with E-state index in [2.05, 4.69) is 15.9 Å². The van der Waals surface area contributed by atoms with Crippen LogP contribution in [-0.4, -0.2) is 36.7 Å². The van der Waals surface area contributed by atoms with E-state index in [1.54, 1.807) is 0 Å². The molecule has 1 aromatic rings. The number of hydrogen-bond acceptors (Lipinski definition) is 4. The summed E-state index contributed by atoms with van der Waals surface area (Å²) in [7, 11) is -4.22. The van der Waals surface area contributed by atoms with Crippen molar-refractivity contribution < 1.29 is 27.8 Å². The summed E-state index contributed by atoms with van der Waals surface area (Å²) in [5.41, 5.74) is -2.29. The molecule has 3 N–H and O–H groups in total. The fraction of sp³-hybridized carbons (Fsp3) is 0.300. The lowest BCUT2D eigenvalue weighted by Crippen LogP contribution is -2.46. The number of halogens is 3. The molecule has 0 radical (unpaired) electrons. The van der Waals surface area contributed by atoms with Crippen LogP contribution >= 0.6 is 27.5 Å². The standard InChI is InChI=1S/C10H10BrClFNO5S/c1-10(17,9(15)16)4-14-20(18,19)8-6(11)2-5(13)3-7(8)12/h2-3,14,17H,4H2,1H3,(H,15,16). The number of carbonyl (C=O) groups is 1. The summed E-state index contributed by atoms with van der Waals surface area (Å²) in [6.07, 6.45) is 0. The first kappa shape index (κ1) is 17.3. The predicted molar refractivity (Wildman–Crippen MR) is 72.6 cm³/mol. The molecule has 20 heavy (non-hydrogen) atoms. The molecule has 0 aliphatic heterocycles. The summed E-state index contributed by atoms with van der Waals surface area (Å²) >= 11 is 8.52. The molecule has 0 spiro atoms. The monoisotopic (exact) mass is 389 g/mol. The molecule has 0 aliphatic carbocycles. The van der Waals surface area contributed by atoms with Gasteiger partial charge in [0.05, 0.1) is 11.6 Å². The normalized spacial score (nSPS) is 14.8. The molecule has 0 saturated heterocycles. The fourth-order valence-electron chi connectivity index (χ4n) is 1.17. The number of carboxylic acid groups (broad SMARTS) is 1. The predicted octanol–water partition coefficient (Wildman–Crippen LogP) is 1.36. The molecule has 0 aromatic heterocycles. The SMILES string of the molecule is CC(O)(CNS(=O)(=O)c1c(Cl)cc(F)cc1Br)C(=O)O. The number of benzene rings is 1. The number of rotatable bonds is 5. The Bertz CT molecular complexity index is 626. The molecule has 0 amide bonds. The molecule has 1 aromatic carbocycles. The van der Waals surface area contributed by atoms with Gasteiger partial charge in [0, 0.05) is 4.47 Å². The highest BCUT2D eigenvalue weighted by molar-refractivity contribution is 9.10. The van der Waals surface area contributed by atoms with Crippen LogP contribution in [0.4, 0.5) is 4.39 Å². The highest BCUT2D eigenvalue weighted by Gasteiger charge is 2.33. The number of aliphatic hydroxyl groups is 1. The Morgan fingerprint density at radius 2 is 2.10 bits per heavy atom. The van der Waals surface area contributed by atoms with E-state index in [4.69, 9.17) is 16.7 Å². The zero-order chi connectivity index (χ0) is 15.7. The average molecular weight is 391 g/mol. The summed E-state index contributed by atoms with van der Waals surface area (Å²) in [6.45, 7) is 0.157. The van der Waals surface area contributed by atoms with Crippen LogP contribution in [0, 0.1) is 5.82 Å². The quantitative estimate of drug-likeness (QED) is 0.704. The van der Waals surface area contributed by atoms with Crippen molar-refractivity contribution in [1.82, 2.24) is 4.72 Å². The van der Waals surface area contributed by atoms with E-state index in [9.17, 15) is 22.7 Å². The number of nitrogens with one attached hydrogen (secondary N) is 1. The lowest BCUT2D eigenvalue weighted by atomic mass is 10.1. The van der Waals surface area contributed by atoms with Gasteiger partial charge in [-0.25, -0.2) is 22.3 Å². The summed E-state index contributed by atoms with van der Waals surface area (Å²) in [6, 6.07) is 1.70. The van der Waals surface area contributed by atoms with E-state index in [-0.39, 0.29) is 9.50 Å². The molecule has 0 saturated carbocycles. The van der Waals surface area contributed by atoms with Crippen LogP contribution in [-0.2, 0) is 14.8 Å². The van der Waals surface area contributed by atoms with Crippen LogP contribution in [0.15, 0.2) is 21.5 Å². The minimum Gasteiger partial charge on any atom is -0.479 e. The van der Waals surface area contributed by atoms with Gasteiger partial charge < -0.3 is 10.2 Å². The Balaban J connectivity index is 3.11. The third kappa shape index (κ3) is 3.89. The van der Waals surface area contributed by atoms with Gasteiger partial charge in [0.25, 0.3) is 0 Å². The Morgan fingerprint density at radius 3 is 2.55 bits per heavy atom. The molecular formula is C10H10BrClFNO5S. The number of carboxylic acids is 1. The van der Waals surface area contributed by atoms with Gasteiger partial charge >= 0.3 is 5.97 Å². The van der Waals surface area contributed by atoms with Crippen molar-refractivity contribution in [3.05, 3.63) is 27.4 Å². The molecule has 10 heteroatoms. The van der Waals surface area contributed by atoms with Gasteiger partial charge in [-0.15, -0.1) is 0 Å². The molecular weight excluding hydrogens is 381 g/mol. The molecule has 0 fully saturated rings. The van der Waals surface area contributed by atoms with Crippen molar-refractivity contribution in [2.75, 3.05) is 6.54 Å². The molecule has 1 atom stereocenters. The van der Waals surface area contributed by atoms with Crippen molar-refractivity contribution in [3.8, 4) is 0 Å². The number of aliphatic carboxylic acids is 1. The van der Waals surface area contributed by atoms with E-state index in [0.29, 0.717) is 0 Å². The maximum absolute atomic E-state index is 13.0. The van der Waals surface area contributed by atoms with Gasteiger partial charge in [0.15, 0.2) is 5.60 Å². The molecule has 1 rings (SSSR count). The molecule has 112 valence electrons. The Morgan fingerprint density at radius 1 is 1.55 bits per heavy atom. The Kier molecular flexibility index (Phi) is 5.14. The Hall–Kier alpha value is -0.740. The Labute approximate surface area is 127 Å². The third-order valence-electron chi connectivity index (χ3n) is 2.30. The van der Waals surface area contributed by atoms with Gasteiger partial charge in [0.2, 0.25) is 10.0 Å². The van der Waals surface area contributed by atoms with Crippen molar-refractivity contribution in [3.63, 3.8) is 0 Å². The lowest BCUT2D eigenvalue weighted by Gasteiger charge is -2.19. The second-order valence-corrected chi connectivity index (χ2v) is 7.07. The van der Waals surface area contributed by atoms with E-state index in [0.717, 1.165) is 19.1 Å². The van der Waals surface area contributed by atoms with E-state index >= 15 is 0 Å². The smallest absolute Gasteiger partial charge is 0.336 e. The minimum absolute atomic E-state index is 0.120. The van der Waals surface area contributed by atoms with Crippen molar-refractivity contribution >= 4 is 43.5 Å². The number of hydrogen-bond donors (Lipinski definition) is 3. The van der Waals surface area contributed by atoms with Crippen molar-refractivity contribution in [2.24, 2.45) is 0 Å². The topological polar surface area (TPSA) is 104 Å². The lowest BCUT2D eigenvalue weighted by molar-refractivity contribution is -0.155. The zero-order valence-electron chi connectivity index (χ0n) is 10.0. The van der Waals surface area contributed by atoms with Crippen molar-refractivity contribution in [1.29, 1.82) is 0 Å². The first-order chi connectivity index (χ1) is 8.97. The summed E-state index contributed by atoms with van der Waals surface area (Å²) in [5, 5.41) is 17.8. The first-order valence-electron chi connectivity index (χ1n) is 5.07. The maximum Gasteiger partial charge on any atom is 0.336 e. The maximum atomic E-state index is 13.0. The second-order valence-electron chi connectivity index (χ2n) is 4.10. The first-order valence-corrected chi connectivity index (χ1v) is 7.73. The van der Waals surface area contributed by atoms with Crippen LogP contribution in [0.2, 0.25) is 5.02 Å². The van der Waals surface area contributed by atoms with Crippen LogP contribution in [0.3, 0.4) is 0 Å². The van der Waals surface area contributed by atoms with Gasteiger partial charge in [-0.3, -0.25) is 0 Å². The van der Waals surface area contributed by atoms with E-state index < -0.39 is 38.9 Å². The van der Waals surface area contributed by atoms with Crippen LogP contribution in [0.25, 0.3) is 0 Å². The summed E-state index contributed by atoms with van der Waals surface area (Å²) in [4.78, 5) is 10.2. The van der Waals surface area contributed by atoms with Crippen LogP contribution in [0.1, 0.15) is 6.92 Å². The largest absolute Gasteiger partial charge is 0.479 e. The molecule has 0 aliphatic rings. The van der Waals surface area contributed by atoms with Gasteiger partial charge in [-0.05, 0) is 35.0 Å². The molecule has 6 nitrogen and oxygen atoms in total. The number of sulfonamides is 1. The van der Waals surface area contributed by atoms with E-state index in [1.165, 1.54) is 0 Å². The van der Waals surface area contributed by atoms with Gasteiger partial charge in [0.1, 0.15) is 10.7 Å². The average Bonchev–Trinajstić information content (AvgIpc) is 2.24. The molecule has 0 bridgehead atoms. The van der Waals surface area contributed by atoms with Crippen molar-refractivity contribution in [2.45, 2.75) is 17.4 Å². The zero-order valence-corrected chi connectivity index (χ0v) is 13.2. The van der Waals surface area contributed by atoms with Gasteiger partial charge in [-0.1, -0.05) is 11.6 Å². The highest BCUT2D eigenvalue weighted by Crippen LogP contribution is 2.30. The summed E-state index contributed by atoms with van der Waals surface area (Å²) in [5.74, 6) is -2.33. The fourth-order valence-corrected chi connectivity index (χ4v) is 4.11. The van der Waals surface area contributed by atoms with Gasteiger partial charge in [-0.2, -0.15) is 0 Å². The molecule has 1 unspecified atom stereocenters. The second kappa shape index (κ2) is 5.94.